The van der Waals surface area contributed by atoms with Crippen LogP contribution in [0.3, 0.4) is 0 Å². The predicted molar refractivity (Wildman–Crippen MR) is 121 cm³/mol. The summed E-state index contributed by atoms with van der Waals surface area (Å²) in [6.07, 6.45) is 7.03. The van der Waals surface area contributed by atoms with Crippen LogP contribution in [0.1, 0.15) is 58.2 Å². The van der Waals surface area contributed by atoms with E-state index in [-0.39, 0.29) is 5.78 Å². The standard InChI is InChI=1S/C23H24N2O3S2/c1-27-14-9-10-18(28-2)16(11-14)17(26)12-29-22-20-15-5-3-4-6-19(15)30-23(20)25-21(24-22)13-7-8-13/h9-11,13H,3-8,12H2,1-2H3. The van der Waals surface area contributed by atoms with Crippen LogP contribution in [0.2, 0.25) is 0 Å². The van der Waals surface area contributed by atoms with Gasteiger partial charge in [0.15, 0.2) is 5.78 Å². The van der Waals surface area contributed by atoms with E-state index >= 15 is 0 Å². The van der Waals surface area contributed by atoms with Gasteiger partial charge >= 0.3 is 0 Å². The average Bonchev–Trinajstić information content (AvgIpc) is 3.57. The van der Waals surface area contributed by atoms with Crippen molar-refractivity contribution in [2.75, 3.05) is 20.0 Å². The number of hydrogen-bond donors (Lipinski definition) is 0. The molecule has 1 fully saturated rings. The first-order valence-corrected chi connectivity index (χ1v) is 12.2. The molecule has 1 saturated carbocycles. The van der Waals surface area contributed by atoms with Crippen molar-refractivity contribution in [3.63, 3.8) is 0 Å². The van der Waals surface area contributed by atoms with E-state index in [4.69, 9.17) is 19.4 Å². The van der Waals surface area contributed by atoms with Crippen LogP contribution < -0.4 is 9.47 Å². The second kappa shape index (κ2) is 8.19. The largest absolute Gasteiger partial charge is 0.497 e. The molecular weight excluding hydrogens is 416 g/mol. The zero-order chi connectivity index (χ0) is 20.7. The minimum Gasteiger partial charge on any atom is -0.497 e. The summed E-state index contributed by atoms with van der Waals surface area (Å²) in [4.78, 5) is 25.5. The summed E-state index contributed by atoms with van der Waals surface area (Å²) in [6, 6.07) is 5.33. The minimum atomic E-state index is 0.0135. The zero-order valence-electron chi connectivity index (χ0n) is 17.2. The van der Waals surface area contributed by atoms with Gasteiger partial charge in [0.05, 0.1) is 25.5 Å². The van der Waals surface area contributed by atoms with E-state index in [1.165, 1.54) is 53.3 Å². The lowest BCUT2D eigenvalue weighted by molar-refractivity contribution is 0.101. The number of carbonyl (C=O) groups excluding carboxylic acids is 1. The van der Waals surface area contributed by atoms with Gasteiger partial charge in [0, 0.05) is 16.2 Å². The van der Waals surface area contributed by atoms with Gasteiger partial charge in [0.2, 0.25) is 0 Å². The maximum absolute atomic E-state index is 13.1. The SMILES string of the molecule is COc1ccc(OC)c(C(=O)CSc2nc(C3CC3)nc3sc4c(c23)CCCC4)c1. The molecule has 5 rings (SSSR count). The number of thiophene rings is 1. The van der Waals surface area contributed by atoms with Crippen molar-refractivity contribution < 1.29 is 14.3 Å². The molecule has 5 nitrogen and oxygen atoms in total. The molecule has 3 aromatic rings. The second-order valence-electron chi connectivity index (χ2n) is 7.83. The molecule has 30 heavy (non-hydrogen) atoms. The first-order chi connectivity index (χ1) is 14.7. The van der Waals surface area contributed by atoms with Crippen LogP contribution in [0.25, 0.3) is 10.2 Å². The third kappa shape index (κ3) is 3.69. The number of rotatable bonds is 7. The highest BCUT2D eigenvalue weighted by atomic mass is 32.2. The number of aryl methyl sites for hydroxylation is 2. The summed E-state index contributed by atoms with van der Waals surface area (Å²) < 4.78 is 10.7. The lowest BCUT2D eigenvalue weighted by atomic mass is 9.97. The maximum atomic E-state index is 13.1. The maximum Gasteiger partial charge on any atom is 0.176 e. The van der Waals surface area contributed by atoms with Crippen molar-refractivity contribution in [1.82, 2.24) is 9.97 Å². The van der Waals surface area contributed by atoms with Crippen LogP contribution in [0.5, 0.6) is 11.5 Å². The summed E-state index contributed by atoms with van der Waals surface area (Å²) in [5.41, 5.74) is 1.96. The van der Waals surface area contributed by atoms with Crippen LogP contribution in [-0.4, -0.2) is 35.7 Å². The highest BCUT2D eigenvalue weighted by Crippen LogP contribution is 2.44. The zero-order valence-corrected chi connectivity index (χ0v) is 18.8. The monoisotopic (exact) mass is 440 g/mol. The Balaban J connectivity index is 1.48. The smallest absolute Gasteiger partial charge is 0.176 e. The number of benzene rings is 1. The van der Waals surface area contributed by atoms with E-state index < -0.39 is 0 Å². The van der Waals surface area contributed by atoms with Gasteiger partial charge in [-0.05, 0) is 62.3 Å². The van der Waals surface area contributed by atoms with Gasteiger partial charge in [-0.1, -0.05) is 11.8 Å². The van der Waals surface area contributed by atoms with Gasteiger partial charge in [-0.3, -0.25) is 4.79 Å². The molecule has 0 unspecified atom stereocenters. The van der Waals surface area contributed by atoms with Crippen molar-refractivity contribution >= 4 is 39.1 Å². The Labute approximate surface area is 184 Å². The number of ether oxygens (including phenoxy) is 2. The minimum absolute atomic E-state index is 0.0135. The normalized spacial score (nSPS) is 15.8. The molecule has 1 aromatic carbocycles. The van der Waals surface area contributed by atoms with Gasteiger partial charge in [-0.15, -0.1) is 11.3 Å². The molecule has 2 aromatic heterocycles. The van der Waals surface area contributed by atoms with Crippen molar-refractivity contribution in [2.45, 2.75) is 49.5 Å². The number of nitrogens with zero attached hydrogens (tertiary/aromatic N) is 2. The summed E-state index contributed by atoms with van der Waals surface area (Å²) >= 11 is 3.36. The molecule has 0 amide bonds. The summed E-state index contributed by atoms with van der Waals surface area (Å²) in [7, 11) is 3.18. The number of hydrogen-bond acceptors (Lipinski definition) is 7. The third-order valence-corrected chi connectivity index (χ3v) is 7.95. The van der Waals surface area contributed by atoms with Crippen molar-refractivity contribution in [3.8, 4) is 11.5 Å². The third-order valence-electron chi connectivity index (χ3n) is 5.79. The fraction of sp³-hybridized carbons (Fsp3) is 0.435. The second-order valence-corrected chi connectivity index (χ2v) is 9.88. The van der Waals surface area contributed by atoms with E-state index in [1.807, 2.05) is 11.3 Å². The first-order valence-electron chi connectivity index (χ1n) is 10.4. The molecule has 0 N–H and O–H groups in total. The number of fused-ring (bicyclic) bond motifs is 3. The van der Waals surface area contributed by atoms with Crippen molar-refractivity contribution in [3.05, 3.63) is 40.0 Å². The number of aromatic nitrogens is 2. The number of Topliss-reactive ketones (excluding diaryl/α,β-unsaturated/α-hetero) is 1. The Bertz CT molecular complexity index is 1120. The Morgan fingerprint density at radius 1 is 1.17 bits per heavy atom. The molecule has 0 atom stereocenters. The molecule has 0 spiro atoms. The van der Waals surface area contributed by atoms with E-state index in [0.717, 1.165) is 28.5 Å². The molecule has 2 heterocycles. The van der Waals surface area contributed by atoms with E-state index in [0.29, 0.717) is 28.7 Å². The average molecular weight is 441 g/mol. The highest BCUT2D eigenvalue weighted by Gasteiger charge is 2.30. The first kappa shape index (κ1) is 19.8. The Morgan fingerprint density at radius 2 is 2.00 bits per heavy atom. The van der Waals surface area contributed by atoms with Crippen LogP contribution >= 0.6 is 23.1 Å². The highest BCUT2D eigenvalue weighted by molar-refractivity contribution is 8.00. The number of methoxy groups -OCH3 is 2. The van der Waals surface area contributed by atoms with Gasteiger partial charge < -0.3 is 9.47 Å². The summed E-state index contributed by atoms with van der Waals surface area (Å²) in [5.74, 6) is 2.98. The fourth-order valence-electron chi connectivity index (χ4n) is 4.01. The van der Waals surface area contributed by atoms with Gasteiger partial charge in [0.25, 0.3) is 0 Å². The van der Waals surface area contributed by atoms with Gasteiger partial charge in [0.1, 0.15) is 27.2 Å². The molecule has 0 aliphatic heterocycles. The molecule has 7 heteroatoms. The predicted octanol–water partition coefficient (Wildman–Crippen LogP) is 5.44. The molecule has 156 valence electrons. The molecular formula is C23H24N2O3S2. The van der Waals surface area contributed by atoms with Crippen molar-refractivity contribution in [1.29, 1.82) is 0 Å². The van der Waals surface area contributed by atoms with Crippen LogP contribution in [0.15, 0.2) is 23.2 Å². The molecule has 0 radical (unpaired) electrons. The Kier molecular flexibility index (Phi) is 5.41. The fourth-order valence-corrected chi connectivity index (χ4v) is 6.29. The lowest BCUT2D eigenvalue weighted by Crippen LogP contribution is -2.07. The number of ketones is 1. The summed E-state index contributed by atoms with van der Waals surface area (Å²) in [6.45, 7) is 0. The van der Waals surface area contributed by atoms with E-state index in [9.17, 15) is 4.79 Å². The Hall–Kier alpha value is -2.12. The van der Waals surface area contributed by atoms with Crippen LogP contribution in [0.4, 0.5) is 0 Å². The lowest BCUT2D eigenvalue weighted by Gasteiger charge is -2.12. The quantitative estimate of drug-likeness (QED) is 0.277. The Morgan fingerprint density at radius 3 is 2.77 bits per heavy atom. The number of carbonyl (C=O) groups is 1. The van der Waals surface area contributed by atoms with Crippen LogP contribution in [-0.2, 0) is 12.8 Å². The van der Waals surface area contributed by atoms with Crippen LogP contribution in [0, 0.1) is 0 Å². The van der Waals surface area contributed by atoms with Gasteiger partial charge in [-0.2, -0.15) is 0 Å². The van der Waals surface area contributed by atoms with Gasteiger partial charge in [-0.25, -0.2) is 9.97 Å². The number of thioether (sulfide) groups is 1. The summed E-state index contributed by atoms with van der Waals surface area (Å²) in [5, 5.41) is 2.16. The molecule has 0 bridgehead atoms. The molecule has 2 aliphatic rings. The van der Waals surface area contributed by atoms with Crippen molar-refractivity contribution in [2.24, 2.45) is 0 Å². The molecule has 2 aliphatic carbocycles. The van der Waals surface area contributed by atoms with E-state index in [2.05, 4.69) is 0 Å². The molecule has 0 saturated heterocycles. The topological polar surface area (TPSA) is 61.3 Å². The van der Waals surface area contributed by atoms with E-state index in [1.54, 1.807) is 32.4 Å².